The smallest absolute Gasteiger partial charge is 0.140 e. The summed E-state index contributed by atoms with van der Waals surface area (Å²) < 4.78 is 14.2. The summed E-state index contributed by atoms with van der Waals surface area (Å²) in [5.41, 5.74) is 0. The third-order valence-electron chi connectivity index (χ3n) is 0. The van der Waals surface area contributed by atoms with Gasteiger partial charge < -0.3 is 16.1 Å². The molecule has 18 heavy (non-hydrogen) atoms. The van der Waals surface area contributed by atoms with Gasteiger partial charge in [0.25, 0.3) is 0 Å². The van der Waals surface area contributed by atoms with Crippen molar-refractivity contribution < 1.29 is 41.7 Å². The molecule has 0 unspecified atom stereocenters. The summed E-state index contributed by atoms with van der Waals surface area (Å²) in [6, 6.07) is 0. The zero-order valence-electron chi connectivity index (χ0n) is 6.91. The molecule has 0 saturated carbocycles. The van der Waals surface area contributed by atoms with E-state index in [1.165, 1.54) is 0 Å². The highest BCUT2D eigenvalue weighted by Gasteiger charge is 0.839. The summed E-state index contributed by atoms with van der Waals surface area (Å²) in [6.45, 7) is 0. The van der Waals surface area contributed by atoms with Gasteiger partial charge in [-0.3, -0.25) is 25.6 Å². The Kier molecular flexibility index (Phi) is 103000. The SMILES string of the molecule is C.C.C.C.C.C.CO.O.O.O=O.OO.OO.[2H]P=O. The summed E-state index contributed by atoms with van der Waals surface area (Å²) >= 11 is 0. The Balaban J connectivity index is -0.00000000197. The van der Waals surface area contributed by atoms with Crippen LogP contribution in [0.1, 0.15) is 44.6 Å². The van der Waals surface area contributed by atoms with Crippen molar-refractivity contribution in [3.05, 3.63) is 9.93 Å². The van der Waals surface area contributed by atoms with E-state index in [9.17, 15) is 0 Å². The fraction of sp³-hybridized carbons (Fsp3) is 1.00. The lowest BCUT2D eigenvalue weighted by atomic mass is 11.8. The predicted octanol–water partition coefficient (Wildman–Crippen LogP) is 2.35. The van der Waals surface area contributed by atoms with Crippen molar-refractivity contribution in [2.24, 2.45) is 0 Å². The van der Waals surface area contributed by atoms with E-state index in [1.807, 2.05) is 0 Å². The fourth-order valence-electron chi connectivity index (χ4n) is 0. The molecule has 0 radical (unpaired) electrons. The molecule has 0 amide bonds. The first-order valence-corrected chi connectivity index (χ1v) is 1.56. The lowest BCUT2D eigenvalue weighted by Crippen LogP contribution is -1.29. The first kappa shape index (κ1) is 160. The minimum atomic E-state index is -0.583. The van der Waals surface area contributed by atoms with Crippen LogP contribution in [0.5, 0.6) is 0 Å². The van der Waals surface area contributed by atoms with E-state index in [0.717, 1.165) is 7.11 Å². The summed E-state index contributed by atoms with van der Waals surface area (Å²) in [4.78, 5) is 14.0. The number of hydrogen-bond acceptors (Lipinski definition) is 8. The molecule has 0 aromatic carbocycles. The quantitative estimate of drug-likeness (QED) is 0.253. The van der Waals surface area contributed by atoms with Crippen molar-refractivity contribution in [3.63, 3.8) is 0 Å². The van der Waals surface area contributed by atoms with Crippen LogP contribution in [-0.4, -0.2) is 45.5 Å². The summed E-state index contributed by atoms with van der Waals surface area (Å²) in [6.07, 6.45) is 0. The maximum absolute atomic E-state index is 8.57. The van der Waals surface area contributed by atoms with Gasteiger partial charge in [0.2, 0.25) is 0 Å². The monoisotopic (exact) mass is 313 g/mol. The molecule has 0 rings (SSSR count). The molecule has 11 heteroatoms. The van der Waals surface area contributed by atoms with E-state index in [-0.39, 0.29) is 55.5 Å². The van der Waals surface area contributed by atoms with E-state index in [2.05, 4.69) is 0 Å². The predicted molar refractivity (Wildman–Crippen MR) is 82.0 cm³/mol. The van der Waals surface area contributed by atoms with Crippen LogP contribution in [0.25, 0.3) is 0 Å². The molecule has 0 fully saturated rings. The summed E-state index contributed by atoms with van der Waals surface area (Å²) in [5, 5.41) is 31.0. The number of rotatable bonds is 0. The van der Waals surface area contributed by atoms with Crippen molar-refractivity contribution in [3.8, 4) is 0 Å². The average Bonchev–Trinajstić information content (AvgIpc) is 2.18. The van der Waals surface area contributed by atoms with Crippen LogP contribution in [0, 0.1) is 9.93 Å². The van der Waals surface area contributed by atoms with E-state index in [1.54, 1.807) is 0 Å². The van der Waals surface area contributed by atoms with Gasteiger partial charge >= 0.3 is 0 Å². The zero-order valence-corrected chi connectivity index (χ0v) is 6.80. The third kappa shape index (κ3) is 9530. The second-order valence-electron chi connectivity index (χ2n) is 0. The molecule has 0 heterocycles. The van der Waals surface area contributed by atoms with Gasteiger partial charge in [0.1, 0.15) is 10.3 Å². The van der Waals surface area contributed by atoms with Gasteiger partial charge in [0.15, 0.2) is 0 Å². The second-order valence-corrected chi connectivity index (χ2v) is 0. The molecule has 0 aliphatic rings. The van der Waals surface area contributed by atoms with Crippen molar-refractivity contribution in [2.45, 2.75) is 44.6 Å². The van der Waals surface area contributed by atoms with Crippen molar-refractivity contribution >= 4 is 9.06 Å². The van der Waals surface area contributed by atoms with Gasteiger partial charge in [-0.1, -0.05) is 44.6 Å². The van der Waals surface area contributed by atoms with E-state index >= 15 is 0 Å². The largest absolute Gasteiger partial charge is 0.412 e. The van der Waals surface area contributed by atoms with Crippen LogP contribution in [0.3, 0.4) is 0 Å². The molecule has 10 nitrogen and oxygen atoms in total. The number of aliphatic hydroxyl groups excluding tert-OH is 1. The minimum Gasteiger partial charge on any atom is -0.412 e. The number of aliphatic hydroxyl groups is 1. The lowest BCUT2D eigenvalue weighted by Gasteiger charge is -1.25. The Morgan fingerprint density at radius 2 is 0.722 bits per heavy atom. The van der Waals surface area contributed by atoms with Crippen LogP contribution in [0.4, 0.5) is 0 Å². The molecule has 0 atom stereocenters. The molecule has 130 valence electrons. The van der Waals surface area contributed by atoms with E-state index < -0.39 is 9.06 Å². The molecule has 0 saturated heterocycles. The molecule has 0 aliphatic heterocycles. The van der Waals surface area contributed by atoms with Gasteiger partial charge in [-0.15, -0.1) is 0 Å². The first-order chi connectivity index (χ1) is 5.41. The first-order valence-electron chi connectivity index (χ1n) is 1.64. The minimum absolute atomic E-state index is 0. The topological polar surface area (TPSA) is 215 Å². The van der Waals surface area contributed by atoms with Crippen LogP contribution in [0.15, 0.2) is 0 Å². The van der Waals surface area contributed by atoms with Crippen molar-refractivity contribution in [1.29, 1.82) is 1.28 Å². The highest BCUT2D eigenvalue weighted by atomic mass is 31.0. The Morgan fingerprint density at radius 3 is 0.722 bits per heavy atom. The molecule has 0 aliphatic carbocycles. The molecular weight excluding hydrogens is 275 g/mol. The zero-order chi connectivity index (χ0) is 10.7. The fourth-order valence-corrected chi connectivity index (χ4v) is 0. The highest BCUT2D eigenvalue weighted by molar-refractivity contribution is 7.00. The molecule has 0 aromatic heterocycles. The number of hydrogen-bond donors (Lipinski definition) is 5. The van der Waals surface area contributed by atoms with Gasteiger partial charge in [-0.2, -0.15) is 0 Å². The average molecular weight is 313 g/mol. The Labute approximate surface area is 115 Å². The molecule has 0 aromatic rings. The molecule has 9 N–H and O–H groups in total. The maximum Gasteiger partial charge on any atom is 0.140 e. The summed E-state index contributed by atoms with van der Waals surface area (Å²) in [7, 11) is 0.417. The van der Waals surface area contributed by atoms with Crippen molar-refractivity contribution in [1.82, 2.24) is 0 Å². The maximum atomic E-state index is 8.57. The van der Waals surface area contributed by atoms with Crippen LogP contribution >= 0.6 is 9.06 Å². The van der Waals surface area contributed by atoms with Gasteiger partial charge in [-0.25, -0.2) is 0 Å². The molecule has 0 spiro atoms. The van der Waals surface area contributed by atoms with Crippen LogP contribution in [0.2, 0.25) is 0 Å². The molecule has 0 bridgehead atoms. The van der Waals surface area contributed by atoms with Crippen LogP contribution in [-0.2, 0) is 4.57 Å². The Morgan fingerprint density at radius 1 is 0.722 bits per heavy atom. The lowest BCUT2D eigenvalue weighted by molar-refractivity contribution is -0.176. The van der Waals surface area contributed by atoms with Crippen LogP contribution < -0.4 is 0 Å². The Bertz CT molecular complexity index is 41.8. The van der Waals surface area contributed by atoms with Gasteiger partial charge in [0.05, 0.1) is 0 Å². The third-order valence-corrected chi connectivity index (χ3v) is 0. The second kappa shape index (κ2) is 11600. The van der Waals surface area contributed by atoms with Crippen molar-refractivity contribution in [2.75, 3.05) is 7.11 Å². The van der Waals surface area contributed by atoms with E-state index in [4.69, 9.17) is 41.9 Å². The van der Waals surface area contributed by atoms with E-state index in [0.29, 0.717) is 0 Å². The highest BCUT2D eigenvalue weighted by Crippen LogP contribution is 1.23. The van der Waals surface area contributed by atoms with Gasteiger partial charge in [0, 0.05) is 17.0 Å². The van der Waals surface area contributed by atoms with Gasteiger partial charge in [-0.05, 0) is 0 Å². The Hall–Kier alpha value is -0.580. The normalized spacial score (nSPS) is 2.44. The summed E-state index contributed by atoms with van der Waals surface area (Å²) in [5.74, 6) is 0. The molecular formula is C7H37O10P. The standard InChI is InChI=1S/CH4O.6CH4.2H2O2.O2.HOP.2H2O/c1-2;;;;;;;4*1-2;;/h2H,1H3;6*1H4;2*1-2H;;2H;2*1H2/i;;;;;;;;;;2D;;.